The molecule has 3 rings (SSSR count). The Labute approximate surface area is 143 Å². The van der Waals surface area contributed by atoms with Gasteiger partial charge in [0, 0.05) is 19.6 Å². The highest BCUT2D eigenvalue weighted by atomic mass is 32.2. The molecule has 0 aliphatic carbocycles. The standard InChI is InChI=1S/C18H23N3O2S/c19-17-13-16(9-10-18(17)21-11-5-2-6-12-21)24(22,23)20-14-15-7-3-1-4-8-15/h1,3-4,7-10,13,20H,2,5-6,11-12,14,19H2. The molecule has 2 aromatic rings. The number of nitrogens with zero attached hydrogens (tertiary/aromatic N) is 1. The largest absolute Gasteiger partial charge is 0.397 e. The summed E-state index contributed by atoms with van der Waals surface area (Å²) in [6.07, 6.45) is 3.54. The van der Waals surface area contributed by atoms with Crippen LogP contribution in [0.1, 0.15) is 24.8 Å². The molecule has 0 amide bonds. The first-order valence-corrected chi connectivity index (χ1v) is 9.73. The molecule has 0 spiro atoms. The minimum atomic E-state index is -3.58. The second kappa shape index (κ2) is 7.23. The van der Waals surface area contributed by atoms with Crippen molar-refractivity contribution in [3.63, 3.8) is 0 Å². The van der Waals surface area contributed by atoms with Crippen molar-refractivity contribution in [1.29, 1.82) is 0 Å². The van der Waals surface area contributed by atoms with Crippen LogP contribution in [-0.2, 0) is 16.6 Å². The van der Waals surface area contributed by atoms with Crippen LogP contribution in [0.2, 0.25) is 0 Å². The third-order valence-corrected chi connectivity index (χ3v) is 5.71. The van der Waals surface area contributed by atoms with Crippen LogP contribution >= 0.6 is 0 Å². The summed E-state index contributed by atoms with van der Waals surface area (Å²) in [5, 5.41) is 0. The lowest BCUT2D eigenvalue weighted by Gasteiger charge is -2.30. The zero-order valence-corrected chi connectivity index (χ0v) is 14.4. The quantitative estimate of drug-likeness (QED) is 0.817. The first-order valence-electron chi connectivity index (χ1n) is 8.24. The molecule has 0 unspecified atom stereocenters. The number of hydrogen-bond donors (Lipinski definition) is 2. The fourth-order valence-electron chi connectivity index (χ4n) is 2.98. The van der Waals surface area contributed by atoms with Gasteiger partial charge in [0.1, 0.15) is 0 Å². The zero-order chi connectivity index (χ0) is 17.0. The summed E-state index contributed by atoms with van der Waals surface area (Å²) in [5.74, 6) is 0. The maximum atomic E-state index is 12.5. The van der Waals surface area contributed by atoms with Crippen molar-refractivity contribution in [2.75, 3.05) is 23.7 Å². The number of nitrogens with one attached hydrogen (secondary N) is 1. The van der Waals surface area contributed by atoms with Crippen molar-refractivity contribution in [1.82, 2.24) is 4.72 Å². The van der Waals surface area contributed by atoms with E-state index in [0.29, 0.717) is 5.69 Å². The smallest absolute Gasteiger partial charge is 0.240 e. The Balaban J connectivity index is 1.74. The molecule has 128 valence electrons. The van der Waals surface area contributed by atoms with Gasteiger partial charge in [-0.3, -0.25) is 0 Å². The Bertz CT molecular complexity index is 785. The number of hydrogen-bond acceptors (Lipinski definition) is 4. The van der Waals surface area contributed by atoms with Crippen molar-refractivity contribution in [2.45, 2.75) is 30.7 Å². The lowest BCUT2D eigenvalue weighted by molar-refractivity contribution is 0.577. The highest BCUT2D eigenvalue weighted by molar-refractivity contribution is 7.89. The van der Waals surface area contributed by atoms with Gasteiger partial charge in [-0.25, -0.2) is 13.1 Å². The predicted octanol–water partition coefficient (Wildman–Crippen LogP) is 2.74. The van der Waals surface area contributed by atoms with Crippen molar-refractivity contribution in [3.05, 3.63) is 54.1 Å². The van der Waals surface area contributed by atoms with Gasteiger partial charge in [-0.1, -0.05) is 30.3 Å². The van der Waals surface area contributed by atoms with Crippen molar-refractivity contribution in [2.24, 2.45) is 0 Å². The molecular formula is C18H23N3O2S. The third-order valence-electron chi connectivity index (χ3n) is 4.32. The van der Waals surface area contributed by atoms with E-state index in [0.717, 1.165) is 37.2 Å². The van der Waals surface area contributed by atoms with E-state index in [1.165, 1.54) is 6.42 Å². The van der Waals surface area contributed by atoms with E-state index in [4.69, 9.17) is 5.73 Å². The number of anilines is 2. The van der Waals surface area contributed by atoms with Crippen molar-refractivity contribution < 1.29 is 8.42 Å². The fraction of sp³-hybridized carbons (Fsp3) is 0.333. The first kappa shape index (κ1) is 16.8. The molecule has 0 saturated carbocycles. The molecule has 2 aromatic carbocycles. The predicted molar refractivity (Wildman–Crippen MR) is 97.4 cm³/mol. The van der Waals surface area contributed by atoms with Gasteiger partial charge in [0.15, 0.2) is 0 Å². The number of piperidine rings is 1. The summed E-state index contributed by atoms with van der Waals surface area (Å²) in [6, 6.07) is 14.4. The van der Waals surface area contributed by atoms with Crippen molar-refractivity contribution in [3.8, 4) is 0 Å². The van der Waals surface area contributed by atoms with Crippen LogP contribution in [0.3, 0.4) is 0 Å². The topological polar surface area (TPSA) is 75.4 Å². The first-order chi connectivity index (χ1) is 11.6. The highest BCUT2D eigenvalue weighted by Crippen LogP contribution is 2.28. The number of benzene rings is 2. The minimum Gasteiger partial charge on any atom is -0.397 e. The monoisotopic (exact) mass is 345 g/mol. The molecular weight excluding hydrogens is 322 g/mol. The van der Waals surface area contributed by atoms with E-state index in [9.17, 15) is 8.42 Å². The summed E-state index contributed by atoms with van der Waals surface area (Å²) < 4.78 is 27.6. The molecule has 6 heteroatoms. The summed E-state index contributed by atoms with van der Waals surface area (Å²) in [5.41, 5.74) is 8.48. The minimum absolute atomic E-state index is 0.205. The molecule has 1 aliphatic heterocycles. The number of nitrogens with two attached hydrogens (primary N) is 1. The van der Waals surface area contributed by atoms with Crippen LogP contribution < -0.4 is 15.4 Å². The molecule has 1 fully saturated rings. The van der Waals surface area contributed by atoms with Gasteiger partial charge in [-0.15, -0.1) is 0 Å². The van der Waals surface area contributed by atoms with E-state index in [2.05, 4.69) is 9.62 Å². The van der Waals surface area contributed by atoms with Gasteiger partial charge in [-0.05, 0) is 43.0 Å². The fourth-order valence-corrected chi connectivity index (χ4v) is 4.03. The van der Waals surface area contributed by atoms with Gasteiger partial charge in [0.2, 0.25) is 10.0 Å². The van der Waals surface area contributed by atoms with Crippen LogP contribution in [0.15, 0.2) is 53.4 Å². The normalized spacial score (nSPS) is 15.4. The Morgan fingerprint density at radius 2 is 1.71 bits per heavy atom. The van der Waals surface area contributed by atoms with Crippen LogP contribution in [-0.4, -0.2) is 21.5 Å². The Morgan fingerprint density at radius 1 is 1.00 bits per heavy atom. The third kappa shape index (κ3) is 3.88. The SMILES string of the molecule is Nc1cc(S(=O)(=O)NCc2ccccc2)ccc1N1CCCCC1. The van der Waals surface area contributed by atoms with Crippen LogP contribution in [0.5, 0.6) is 0 Å². The van der Waals surface area contributed by atoms with E-state index < -0.39 is 10.0 Å². The van der Waals surface area contributed by atoms with E-state index in [1.54, 1.807) is 12.1 Å². The molecule has 0 bridgehead atoms. The van der Waals surface area contributed by atoms with Crippen molar-refractivity contribution >= 4 is 21.4 Å². The molecule has 1 aliphatic rings. The van der Waals surface area contributed by atoms with Crippen LogP contribution in [0.4, 0.5) is 11.4 Å². The maximum absolute atomic E-state index is 12.5. The molecule has 3 N–H and O–H groups in total. The average Bonchev–Trinajstić information content (AvgIpc) is 2.61. The number of sulfonamides is 1. The molecule has 0 atom stereocenters. The number of rotatable bonds is 5. The van der Waals surface area contributed by atoms with Gasteiger partial charge in [0.05, 0.1) is 16.3 Å². The second-order valence-corrected chi connectivity index (χ2v) is 7.85. The van der Waals surface area contributed by atoms with E-state index in [1.807, 2.05) is 36.4 Å². The number of nitrogen functional groups attached to an aromatic ring is 1. The summed E-state index contributed by atoms with van der Waals surface area (Å²) in [6.45, 7) is 2.21. The molecule has 1 heterocycles. The average molecular weight is 345 g/mol. The lowest BCUT2D eigenvalue weighted by atomic mass is 10.1. The van der Waals surface area contributed by atoms with E-state index >= 15 is 0 Å². The lowest BCUT2D eigenvalue weighted by Crippen LogP contribution is -2.30. The summed E-state index contributed by atoms with van der Waals surface area (Å²) in [4.78, 5) is 2.43. The maximum Gasteiger partial charge on any atom is 0.240 e. The van der Waals surface area contributed by atoms with Crippen LogP contribution in [0.25, 0.3) is 0 Å². The van der Waals surface area contributed by atoms with Gasteiger partial charge >= 0.3 is 0 Å². The summed E-state index contributed by atoms with van der Waals surface area (Å²) >= 11 is 0. The Hall–Kier alpha value is -2.05. The van der Waals surface area contributed by atoms with E-state index in [-0.39, 0.29) is 11.4 Å². The Kier molecular flexibility index (Phi) is 5.06. The molecule has 0 aromatic heterocycles. The second-order valence-electron chi connectivity index (χ2n) is 6.08. The zero-order valence-electron chi connectivity index (χ0n) is 13.6. The summed E-state index contributed by atoms with van der Waals surface area (Å²) in [7, 11) is -3.58. The highest BCUT2D eigenvalue weighted by Gasteiger charge is 2.18. The van der Waals surface area contributed by atoms with Gasteiger partial charge < -0.3 is 10.6 Å². The molecule has 0 radical (unpaired) electrons. The van der Waals surface area contributed by atoms with Crippen LogP contribution in [0, 0.1) is 0 Å². The Morgan fingerprint density at radius 3 is 2.38 bits per heavy atom. The van der Waals surface area contributed by atoms with Gasteiger partial charge in [0.25, 0.3) is 0 Å². The molecule has 24 heavy (non-hydrogen) atoms. The molecule has 5 nitrogen and oxygen atoms in total. The van der Waals surface area contributed by atoms with Gasteiger partial charge in [-0.2, -0.15) is 0 Å². The molecule has 1 saturated heterocycles.